The van der Waals surface area contributed by atoms with Gasteiger partial charge >= 0.3 is 0 Å². The normalized spacial score (nSPS) is 12.1. The lowest BCUT2D eigenvalue weighted by Gasteiger charge is -2.28. The Bertz CT molecular complexity index is 677. The van der Waals surface area contributed by atoms with E-state index in [1.807, 2.05) is 19.9 Å². The lowest BCUT2D eigenvalue weighted by molar-refractivity contribution is -0.125. The molecule has 3 N–H and O–H groups in total. The number of hydrogen-bond donors (Lipinski definition) is 2. The Hall–Kier alpha value is -1.85. The highest BCUT2D eigenvalue weighted by atomic mass is 16.2. The Balaban J connectivity index is 2.23. The molecule has 1 aromatic heterocycles. The van der Waals surface area contributed by atoms with Gasteiger partial charge in [-0.25, -0.2) is 0 Å². The van der Waals surface area contributed by atoms with Crippen molar-refractivity contribution in [2.75, 3.05) is 32.5 Å². The van der Waals surface area contributed by atoms with Gasteiger partial charge in [0.1, 0.15) is 0 Å². The van der Waals surface area contributed by atoms with Crippen LogP contribution in [-0.2, 0) is 11.3 Å². The van der Waals surface area contributed by atoms with Crippen LogP contribution in [0.3, 0.4) is 0 Å². The van der Waals surface area contributed by atoms with Crippen molar-refractivity contribution in [2.24, 2.45) is 11.1 Å². The highest BCUT2D eigenvalue weighted by molar-refractivity contribution is 5.97. The molecule has 1 aromatic carbocycles. The third kappa shape index (κ3) is 3.79. The van der Waals surface area contributed by atoms with E-state index in [0.717, 1.165) is 37.1 Å². The second-order valence-corrected chi connectivity index (χ2v) is 6.73. The van der Waals surface area contributed by atoms with E-state index in [0.29, 0.717) is 6.54 Å². The summed E-state index contributed by atoms with van der Waals surface area (Å²) >= 11 is 0. The standard InChI is InChI=1S/C19H30N4O/c1-5-19(6-2,14-20)18(24)21-16-8-7-15-9-10-23(17(15)13-16)12-11-22(3)4/h7-10,13H,5-6,11-12,14,20H2,1-4H3,(H,21,24). The van der Waals surface area contributed by atoms with Crippen LogP contribution in [-0.4, -0.2) is 42.6 Å². The monoisotopic (exact) mass is 330 g/mol. The van der Waals surface area contributed by atoms with Gasteiger partial charge in [0.2, 0.25) is 5.91 Å². The molecule has 24 heavy (non-hydrogen) atoms. The summed E-state index contributed by atoms with van der Waals surface area (Å²) in [5.74, 6) is 0.0146. The van der Waals surface area contributed by atoms with Crippen molar-refractivity contribution in [3.05, 3.63) is 30.5 Å². The molecule has 1 amide bonds. The topological polar surface area (TPSA) is 63.3 Å². The fourth-order valence-electron chi connectivity index (χ4n) is 2.98. The molecule has 0 bridgehead atoms. The van der Waals surface area contributed by atoms with Crippen LogP contribution in [0.2, 0.25) is 0 Å². The van der Waals surface area contributed by atoms with Crippen LogP contribution in [0.5, 0.6) is 0 Å². The summed E-state index contributed by atoms with van der Waals surface area (Å²) in [5.41, 5.74) is 7.37. The van der Waals surface area contributed by atoms with Crippen molar-refractivity contribution in [2.45, 2.75) is 33.2 Å². The molecule has 132 valence electrons. The number of aromatic nitrogens is 1. The summed E-state index contributed by atoms with van der Waals surface area (Å²) in [5, 5.41) is 4.25. The summed E-state index contributed by atoms with van der Waals surface area (Å²) in [6, 6.07) is 8.18. The minimum Gasteiger partial charge on any atom is -0.346 e. The largest absolute Gasteiger partial charge is 0.346 e. The van der Waals surface area contributed by atoms with Gasteiger partial charge in [-0.05, 0) is 50.5 Å². The summed E-state index contributed by atoms with van der Waals surface area (Å²) in [4.78, 5) is 14.9. The van der Waals surface area contributed by atoms with E-state index in [9.17, 15) is 4.79 Å². The second kappa shape index (κ2) is 7.81. The fourth-order valence-corrected chi connectivity index (χ4v) is 2.98. The molecule has 0 radical (unpaired) electrons. The maximum atomic E-state index is 12.7. The molecule has 0 unspecified atom stereocenters. The number of hydrogen-bond acceptors (Lipinski definition) is 3. The van der Waals surface area contributed by atoms with Crippen LogP contribution in [0.1, 0.15) is 26.7 Å². The number of rotatable bonds is 8. The molecule has 0 aliphatic carbocycles. The van der Waals surface area contributed by atoms with E-state index in [1.54, 1.807) is 0 Å². The SMILES string of the molecule is CCC(CC)(CN)C(=O)Nc1ccc2ccn(CCN(C)C)c2c1. The average Bonchev–Trinajstić information content (AvgIpc) is 2.97. The van der Waals surface area contributed by atoms with Crippen LogP contribution >= 0.6 is 0 Å². The first-order valence-electron chi connectivity index (χ1n) is 8.71. The van der Waals surface area contributed by atoms with Gasteiger partial charge in [-0.2, -0.15) is 0 Å². The molecule has 0 aliphatic heterocycles. The van der Waals surface area contributed by atoms with Gasteiger partial charge in [-0.15, -0.1) is 0 Å². The first-order chi connectivity index (χ1) is 11.5. The number of nitrogens with one attached hydrogen (secondary N) is 1. The van der Waals surface area contributed by atoms with Crippen LogP contribution in [0.4, 0.5) is 5.69 Å². The smallest absolute Gasteiger partial charge is 0.231 e. The number of carbonyl (C=O) groups is 1. The van der Waals surface area contributed by atoms with Gasteiger partial charge in [-0.3, -0.25) is 4.79 Å². The van der Waals surface area contributed by atoms with Crippen LogP contribution in [0.15, 0.2) is 30.5 Å². The van der Waals surface area contributed by atoms with E-state index < -0.39 is 5.41 Å². The Morgan fingerprint density at radius 2 is 1.96 bits per heavy atom. The molecular weight excluding hydrogens is 300 g/mol. The predicted molar refractivity (Wildman–Crippen MR) is 101 cm³/mol. The van der Waals surface area contributed by atoms with Crippen LogP contribution in [0, 0.1) is 5.41 Å². The molecule has 0 aliphatic rings. The maximum absolute atomic E-state index is 12.7. The quantitative estimate of drug-likeness (QED) is 0.782. The molecular formula is C19H30N4O. The van der Waals surface area contributed by atoms with E-state index in [2.05, 4.69) is 53.3 Å². The molecule has 0 saturated heterocycles. The zero-order valence-electron chi connectivity index (χ0n) is 15.3. The second-order valence-electron chi connectivity index (χ2n) is 6.73. The Morgan fingerprint density at radius 3 is 2.54 bits per heavy atom. The summed E-state index contributed by atoms with van der Waals surface area (Å²) in [6.45, 7) is 6.30. The van der Waals surface area contributed by atoms with E-state index in [4.69, 9.17) is 5.73 Å². The molecule has 0 saturated carbocycles. The number of benzene rings is 1. The van der Waals surface area contributed by atoms with E-state index in [-0.39, 0.29) is 5.91 Å². The Kier molecular flexibility index (Phi) is 6.02. The van der Waals surface area contributed by atoms with Gasteiger partial charge in [0.05, 0.1) is 10.9 Å². The molecule has 2 rings (SSSR count). The summed E-state index contributed by atoms with van der Waals surface area (Å²) in [7, 11) is 4.14. The lowest BCUT2D eigenvalue weighted by atomic mass is 9.81. The van der Waals surface area contributed by atoms with E-state index in [1.165, 1.54) is 5.39 Å². The van der Waals surface area contributed by atoms with Gasteiger partial charge in [0.25, 0.3) is 0 Å². The van der Waals surface area contributed by atoms with Gasteiger partial charge < -0.3 is 20.5 Å². The molecule has 5 heteroatoms. The van der Waals surface area contributed by atoms with Crippen molar-refractivity contribution >= 4 is 22.5 Å². The molecule has 2 aromatic rings. The number of nitrogens with zero attached hydrogens (tertiary/aromatic N) is 2. The number of likely N-dealkylation sites (N-methyl/N-ethyl adjacent to an activating group) is 1. The molecule has 0 atom stereocenters. The number of carbonyl (C=O) groups excluding carboxylic acids is 1. The Labute approximate surface area is 144 Å². The van der Waals surface area contributed by atoms with E-state index >= 15 is 0 Å². The highest BCUT2D eigenvalue weighted by Crippen LogP contribution is 2.28. The number of fused-ring (bicyclic) bond motifs is 1. The molecule has 5 nitrogen and oxygen atoms in total. The van der Waals surface area contributed by atoms with Crippen molar-refractivity contribution in [3.8, 4) is 0 Å². The summed E-state index contributed by atoms with van der Waals surface area (Å²) in [6.07, 6.45) is 3.59. The van der Waals surface area contributed by atoms with Gasteiger partial charge in [0, 0.05) is 31.5 Å². The summed E-state index contributed by atoms with van der Waals surface area (Å²) < 4.78 is 2.22. The van der Waals surface area contributed by atoms with Crippen LogP contribution in [0.25, 0.3) is 10.9 Å². The zero-order chi connectivity index (χ0) is 17.7. The third-order valence-electron chi connectivity index (χ3n) is 5.05. The minimum absolute atomic E-state index is 0.0146. The fraction of sp³-hybridized carbons (Fsp3) is 0.526. The first kappa shape index (κ1) is 18.5. The van der Waals surface area contributed by atoms with Gasteiger partial charge in [-0.1, -0.05) is 19.9 Å². The van der Waals surface area contributed by atoms with Crippen molar-refractivity contribution < 1.29 is 4.79 Å². The third-order valence-corrected chi connectivity index (χ3v) is 5.05. The number of anilines is 1. The highest BCUT2D eigenvalue weighted by Gasteiger charge is 2.33. The molecule has 1 heterocycles. The first-order valence-corrected chi connectivity index (χ1v) is 8.71. The van der Waals surface area contributed by atoms with Crippen molar-refractivity contribution in [1.82, 2.24) is 9.47 Å². The number of amides is 1. The maximum Gasteiger partial charge on any atom is 0.231 e. The average molecular weight is 330 g/mol. The number of nitrogens with two attached hydrogens (primary N) is 1. The zero-order valence-corrected chi connectivity index (χ0v) is 15.3. The van der Waals surface area contributed by atoms with Gasteiger partial charge in [0.15, 0.2) is 0 Å². The molecule has 0 spiro atoms. The van der Waals surface area contributed by atoms with Crippen molar-refractivity contribution in [3.63, 3.8) is 0 Å². The predicted octanol–water partition coefficient (Wildman–Crippen LogP) is 2.91. The molecule has 0 fully saturated rings. The Morgan fingerprint density at radius 1 is 1.25 bits per heavy atom. The van der Waals surface area contributed by atoms with Crippen molar-refractivity contribution in [1.29, 1.82) is 0 Å². The lowest BCUT2D eigenvalue weighted by Crippen LogP contribution is -2.41. The minimum atomic E-state index is -0.484. The van der Waals surface area contributed by atoms with Crippen LogP contribution < -0.4 is 11.1 Å².